The molecule has 1 heterocycles. The summed E-state index contributed by atoms with van der Waals surface area (Å²) in [4.78, 5) is 14.1. The molecule has 1 aliphatic rings. The van der Waals surface area contributed by atoms with Gasteiger partial charge in [-0.05, 0) is 37.8 Å². The van der Waals surface area contributed by atoms with Crippen LogP contribution >= 0.6 is 0 Å². The zero-order valence-electron chi connectivity index (χ0n) is 10.0. The number of rotatable bonds is 4. The van der Waals surface area contributed by atoms with Crippen molar-refractivity contribution >= 4 is 5.69 Å². The van der Waals surface area contributed by atoms with Crippen molar-refractivity contribution in [2.75, 3.05) is 0 Å². The molecule has 0 saturated carbocycles. The Kier molecular flexibility index (Phi) is 3.72. The second-order valence-corrected chi connectivity index (χ2v) is 4.33. The number of aryl methyl sites for hydroxylation is 1. The maximum atomic E-state index is 10.5. The topological polar surface area (TPSA) is 82.0 Å². The molecule has 0 unspecified atom stereocenters. The lowest BCUT2D eigenvalue weighted by molar-refractivity contribution is -0.385. The van der Waals surface area contributed by atoms with E-state index in [4.69, 9.17) is 5.73 Å². The summed E-state index contributed by atoms with van der Waals surface area (Å²) < 4.78 is 0. The van der Waals surface area contributed by atoms with Gasteiger partial charge in [-0.2, -0.15) is 0 Å². The summed E-state index contributed by atoms with van der Waals surface area (Å²) in [5, 5.41) is 10.5. The Labute approximate surface area is 105 Å². The Hall–Kier alpha value is -2.17. The molecule has 0 radical (unpaired) electrons. The fourth-order valence-corrected chi connectivity index (χ4v) is 1.87. The molecule has 18 heavy (non-hydrogen) atoms. The molecule has 2 N–H and O–H groups in total. The number of nitrogens with zero attached hydrogens (tertiary/aromatic N) is 2. The second kappa shape index (κ2) is 5.44. The van der Waals surface area contributed by atoms with Gasteiger partial charge in [0.15, 0.2) is 0 Å². The largest absolute Gasteiger partial charge is 0.402 e. The third-order valence-corrected chi connectivity index (χ3v) is 2.99. The molecule has 0 bridgehead atoms. The van der Waals surface area contributed by atoms with Crippen molar-refractivity contribution in [2.45, 2.75) is 25.7 Å². The van der Waals surface area contributed by atoms with E-state index in [1.54, 1.807) is 6.07 Å². The lowest BCUT2D eigenvalue weighted by Gasteiger charge is -2.11. The average Bonchev–Trinajstić information content (AvgIpc) is 2.38. The highest BCUT2D eigenvalue weighted by Crippen LogP contribution is 2.20. The first-order valence-electron chi connectivity index (χ1n) is 5.88. The predicted octanol–water partition coefficient (Wildman–Crippen LogP) is 2.49. The molecular formula is C13H15N3O2. The summed E-state index contributed by atoms with van der Waals surface area (Å²) in [6.45, 7) is 0. The zero-order chi connectivity index (χ0) is 13.0. The molecule has 0 atom stereocenters. The molecule has 0 aliphatic heterocycles. The van der Waals surface area contributed by atoms with E-state index < -0.39 is 4.92 Å². The summed E-state index contributed by atoms with van der Waals surface area (Å²) in [6, 6.07) is 3.21. The summed E-state index contributed by atoms with van der Waals surface area (Å²) in [7, 11) is 0. The van der Waals surface area contributed by atoms with Gasteiger partial charge in [0.1, 0.15) is 6.20 Å². The van der Waals surface area contributed by atoms with Crippen molar-refractivity contribution in [1.29, 1.82) is 0 Å². The van der Waals surface area contributed by atoms with Crippen LogP contribution in [0.4, 0.5) is 5.69 Å². The van der Waals surface area contributed by atoms with Gasteiger partial charge >= 0.3 is 0 Å². The van der Waals surface area contributed by atoms with E-state index in [0.29, 0.717) is 0 Å². The van der Waals surface area contributed by atoms with Crippen LogP contribution in [-0.2, 0) is 6.42 Å². The minimum absolute atomic E-state index is 0.0336. The van der Waals surface area contributed by atoms with Crippen molar-refractivity contribution in [3.05, 3.63) is 57.6 Å². The smallest absolute Gasteiger partial charge is 0.287 e. The Morgan fingerprint density at radius 3 is 2.67 bits per heavy atom. The first-order valence-corrected chi connectivity index (χ1v) is 5.88. The van der Waals surface area contributed by atoms with E-state index in [2.05, 4.69) is 11.1 Å². The molecule has 2 rings (SSSR count). The minimum Gasteiger partial charge on any atom is -0.402 e. The molecule has 5 nitrogen and oxygen atoms in total. The van der Waals surface area contributed by atoms with Gasteiger partial charge in [0.25, 0.3) is 5.69 Å². The number of nitrogens with two attached hydrogens (primary N) is 1. The van der Waals surface area contributed by atoms with Crippen molar-refractivity contribution in [3.63, 3.8) is 0 Å². The Morgan fingerprint density at radius 1 is 1.28 bits per heavy atom. The van der Waals surface area contributed by atoms with Crippen LogP contribution in [0.1, 0.15) is 25.0 Å². The molecule has 5 heteroatoms. The average molecular weight is 245 g/mol. The van der Waals surface area contributed by atoms with Crippen molar-refractivity contribution in [3.8, 4) is 0 Å². The fourth-order valence-electron chi connectivity index (χ4n) is 1.87. The molecule has 1 aliphatic carbocycles. The Morgan fingerprint density at radius 2 is 2.11 bits per heavy atom. The number of nitro groups is 1. The quantitative estimate of drug-likeness (QED) is 0.652. The molecule has 1 aromatic rings. The fraction of sp³-hybridized carbons (Fsp3) is 0.308. The van der Waals surface area contributed by atoms with Gasteiger partial charge in [-0.1, -0.05) is 11.6 Å². The van der Waals surface area contributed by atoms with Crippen molar-refractivity contribution < 1.29 is 4.92 Å². The minimum atomic E-state index is -0.436. The standard InChI is InChI=1S/C13H15N3O2/c14-11-4-1-10(2-5-11)3-6-12-7-8-13(9-15-12)16(17)18/h1,4,7-9H,2-3,5-6,14H2. The van der Waals surface area contributed by atoms with E-state index in [1.165, 1.54) is 17.8 Å². The van der Waals surface area contributed by atoms with Crippen molar-refractivity contribution in [1.82, 2.24) is 4.98 Å². The highest BCUT2D eigenvalue weighted by atomic mass is 16.6. The first-order chi connectivity index (χ1) is 8.65. The third kappa shape index (κ3) is 3.16. The number of hydrogen-bond acceptors (Lipinski definition) is 4. The highest BCUT2D eigenvalue weighted by Gasteiger charge is 2.07. The SMILES string of the molecule is NC1=CC=C(CCc2ccc([N+](=O)[O-])cn2)CC1. The van der Waals surface area contributed by atoms with Gasteiger partial charge in [-0.3, -0.25) is 15.1 Å². The molecule has 0 amide bonds. The molecule has 0 aromatic carbocycles. The predicted molar refractivity (Wildman–Crippen MR) is 68.8 cm³/mol. The normalized spacial score (nSPS) is 14.9. The zero-order valence-corrected chi connectivity index (χ0v) is 10.0. The molecule has 94 valence electrons. The van der Waals surface area contributed by atoms with Gasteiger partial charge in [0.05, 0.1) is 4.92 Å². The van der Waals surface area contributed by atoms with E-state index in [-0.39, 0.29) is 5.69 Å². The van der Waals surface area contributed by atoms with Gasteiger partial charge in [-0.25, -0.2) is 0 Å². The maximum absolute atomic E-state index is 10.5. The van der Waals surface area contributed by atoms with Crippen LogP contribution in [0.15, 0.2) is 41.8 Å². The van der Waals surface area contributed by atoms with E-state index in [0.717, 1.165) is 37.1 Å². The van der Waals surface area contributed by atoms with Crippen LogP contribution in [0.25, 0.3) is 0 Å². The van der Waals surface area contributed by atoms with Gasteiger partial charge in [-0.15, -0.1) is 0 Å². The van der Waals surface area contributed by atoms with Crippen LogP contribution in [0, 0.1) is 10.1 Å². The summed E-state index contributed by atoms with van der Waals surface area (Å²) in [5.74, 6) is 0. The Balaban J connectivity index is 1.92. The summed E-state index contributed by atoms with van der Waals surface area (Å²) >= 11 is 0. The van der Waals surface area contributed by atoms with E-state index >= 15 is 0 Å². The second-order valence-electron chi connectivity index (χ2n) is 4.33. The van der Waals surface area contributed by atoms with Crippen LogP contribution in [0.2, 0.25) is 0 Å². The molecular weight excluding hydrogens is 230 g/mol. The maximum Gasteiger partial charge on any atom is 0.287 e. The van der Waals surface area contributed by atoms with Gasteiger partial charge < -0.3 is 5.73 Å². The monoisotopic (exact) mass is 245 g/mol. The lowest BCUT2D eigenvalue weighted by Crippen LogP contribution is -2.02. The van der Waals surface area contributed by atoms with Gasteiger partial charge in [0.2, 0.25) is 0 Å². The third-order valence-electron chi connectivity index (χ3n) is 2.99. The number of hydrogen-bond donors (Lipinski definition) is 1. The van der Waals surface area contributed by atoms with E-state index in [9.17, 15) is 10.1 Å². The number of allylic oxidation sites excluding steroid dienone is 4. The van der Waals surface area contributed by atoms with Crippen LogP contribution < -0.4 is 5.73 Å². The number of aromatic nitrogens is 1. The first kappa shape index (κ1) is 12.3. The van der Waals surface area contributed by atoms with Crippen LogP contribution in [0.5, 0.6) is 0 Å². The lowest BCUT2D eigenvalue weighted by atomic mass is 9.98. The molecule has 1 aromatic heterocycles. The van der Waals surface area contributed by atoms with Gasteiger partial charge in [0, 0.05) is 17.5 Å². The molecule has 0 spiro atoms. The summed E-state index contributed by atoms with van der Waals surface area (Å²) in [6.07, 6.45) is 8.95. The molecule has 0 fully saturated rings. The highest BCUT2D eigenvalue weighted by molar-refractivity contribution is 5.27. The van der Waals surface area contributed by atoms with Crippen LogP contribution in [-0.4, -0.2) is 9.91 Å². The molecule has 0 saturated heterocycles. The Bertz CT molecular complexity index is 503. The summed E-state index contributed by atoms with van der Waals surface area (Å²) in [5.41, 5.74) is 8.88. The number of pyridine rings is 1. The van der Waals surface area contributed by atoms with Crippen LogP contribution in [0.3, 0.4) is 0 Å². The van der Waals surface area contributed by atoms with Crippen molar-refractivity contribution in [2.24, 2.45) is 5.73 Å². The van der Waals surface area contributed by atoms with E-state index in [1.807, 2.05) is 6.08 Å².